The number of hydrogen-bond acceptors (Lipinski definition) is 2. The van der Waals surface area contributed by atoms with Gasteiger partial charge in [-0.3, -0.25) is 4.79 Å². The summed E-state index contributed by atoms with van der Waals surface area (Å²) >= 11 is 7.54. The Morgan fingerprint density at radius 1 is 1.10 bits per heavy atom. The molecule has 0 aliphatic rings. The molecule has 2 aromatic rings. The standard InChI is InChI=1S/C17H17ClO2S/c18-15-8-6-13(7-9-15)12-14(17(19)20)10-11-21-16-4-2-1-3-5-16/h1-9,14H,10-12H2,(H,19,20). The third-order valence-corrected chi connectivity index (χ3v) is 4.52. The van der Waals surface area contributed by atoms with E-state index in [-0.39, 0.29) is 5.92 Å². The van der Waals surface area contributed by atoms with Crippen molar-refractivity contribution < 1.29 is 9.90 Å². The molecule has 110 valence electrons. The van der Waals surface area contributed by atoms with Gasteiger partial charge in [0, 0.05) is 9.92 Å². The van der Waals surface area contributed by atoms with E-state index < -0.39 is 5.97 Å². The second-order valence-electron chi connectivity index (χ2n) is 4.82. The lowest BCUT2D eigenvalue weighted by molar-refractivity contribution is -0.141. The number of aliphatic carboxylic acids is 1. The Bertz CT molecular complexity index is 569. The van der Waals surface area contributed by atoms with E-state index in [2.05, 4.69) is 0 Å². The Kier molecular flexibility index (Phi) is 6.15. The highest BCUT2D eigenvalue weighted by Gasteiger charge is 2.17. The molecule has 4 heteroatoms. The number of halogens is 1. The van der Waals surface area contributed by atoms with Crippen LogP contribution in [0.5, 0.6) is 0 Å². The van der Waals surface area contributed by atoms with Crippen LogP contribution in [0.3, 0.4) is 0 Å². The summed E-state index contributed by atoms with van der Waals surface area (Å²) in [5.74, 6) is -0.296. The van der Waals surface area contributed by atoms with Gasteiger partial charge in [0.25, 0.3) is 0 Å². The summed E-state index contributed by atoms with van der Waals surface area (Å²) in [4.78, 5) is 12.6. The molecule has 0 aromatic heterocycles. The van der Waals surface area contributed by atoms with Gasteiger partial charge in [0.15, 0.2) is 0 Å². The van der Waals surface area contributed by atoms with Crippen molar-refractivity contribution in [2.24, 2.45) is 5.92 Å². The third kappa shape index (κ3) is 5.44. The zero-order chi connectivity index (χ0) is 15.1. The lowest BCUT2D eigenvalue weighted by Gasteiger charge is -2.12. The van der Waals surface area contributed by atoms with Crippen molar-refractivity contribution in [3.63, 3.8) is 0 Å². The quantitative estimate of drug-likeness (QED) is 0.747. The van der Waals surface area contributed by atoms with Gasteiger partial charge in [-0.25, -0.2) is 0 Å². The fraction of sp³-hybridized carbons (Fsp3) is 0.235. The molecule has 2 rings (SSSR count). The molecule has 1 N–H and O–H groups in total. The van der Waals surface area contributed by atoms with E-state index in [1.807, 2.05) is 42.5 Å². The Hall–Kier alpha value is -1.45. The molecule has 0 fully saturated rings. The fourth-order valence-electron chi connectivity index (χ4n) is 2.05. The first-order chi connectivity index (χ1) is 10.1. The molecule has 21 heavy (non-hydrogen) atoms. The molecule has 1 atom stereocenters. The summed E-state index contributed by atoms with van der Waals surface area (Å²) in [7, 11) is 0. The monoisotopic (exact) mass is 320 g/mol. The SMILES string of the molecule is O=C(O)C(CCSc1ccccc1)Cc1ccc(Cl)cc1. The predicted octanol–water partition coefficient (Wildman–Crippen LogP) is 4.77. The highest BCUT2D eigenvalue weighted by atomic mass is 35.5. The van der Waals surface area contributed by atoms with Crippen molar-refractivity contribution in [2.45, 2.75) is 17.7 Å². The molecule has 2 nitrogen and oxygen atoms in total. The van der Waals surface area contributed by atoms with Crippen LogP contribution in [0.1, 0.15) is 12.0 Å². The zero-order valence-electron chi connectivity index (χ0n) is 11.5. The van der Waals surface area contributed by atoms with E-state index in [0.717, 1.165) is 11.3 Å². The summed E-state index contributed by atoms with van der Waals surface area (Å²) in [6, 6.07) is 17.4. The second kappa shape index (κ2) is 8.11. The van der Waals surface area contributed by atoms with Crippen LogP contribution < -0.4 is 0 Å². The van der Waals surface area contributed by atoms with Crippen molar-refractivity contribution in [3.8, 4) is 0 Å². The topological polar surface area (TPSA) is 37.3 Å². The van der Waals surface area contributed by atoms with Gasteiger partial charge in [-0.05, 0) is 48.4 Å². The number of carbonyl (C=O) groups is 1. The molecule has 2 aromatic carbocycles. The average Bonchev–Trinajstić information content (AvgIpc) is 2.49. The van der Waals surface area contributed by atoms with Crippen LogP contribution in [-0.2, 0) is 11.2 Å². The number of thioether (sulfide) groups is 1. The van der Waals surface area contributed by atoms with Gasteiger partial charge in [0.1, 0.15) is 0 Å². The number of hydrogen-bond donors (Lipinski definition) is 1. The maximum absolute atomic E-state index is 11.4. The lowest BCUT2D eigenvalue weighted by atomic mass is 9.97. The summed E-state index contributed by atoms with van der Waals surface area (Å²) in [5, 5.41) is 10.0. The number of carboxylic acids is 1. The van der Waals surface area contributed by atoms with Gasteiger partial charge < -0.3 is 5.11 Å². The molecule has 1 unspecified atom stereocenters. The first-order valence-electron chi connectivity index (χ1n) is 6.80. The first kappa shape index (κ1) is 15.9. The van der Waals surface area contributed by atoms with Crippen molar-refractivity contribution >= 4 is 29.3 Å². The molecular formula is C17H17ClO2S. The normalized spacial score (nSPS) is 12.0. The minimum Gasteiger partial charge on any atom is -0.481 e. The average molecular weight is 321 g/mol. The highest BCUT2D eigenvalue weighted by Crippen LogP contribution is 2.22. The van der Waals surface area contributed by atoms with Crippen molar-refractivity contribution in [1.82, 2.24) is 0 Å². The predicted molar refractivity (Wildman–Crippen MR) is 88.1 cm³/mol. The molecule has 0 saturated carbocycles. The Morgan fingerprint density at radius 2 is 1.76 bits per heavy atom. The fourth-order valence-corrected chi connectivity index (χ4v) is 3.17. The van der Waals surface area contributed by atoms with Crippen LogP contribution in [0, 0.1) is 5.92 Å². The van der Waals surface area contributed by atoms with Crippen molar-refractivity contribution in [3.05, 3.63) is 65.2 Å². The van der Waals surface area contributed by atoms with Crippen LogP contribution in [-0.4, -0.2) is 16.8 Å². The van der Waals surface area contributed by atoms with E-state index in [0.29, 0.717) is 17.9 Å². The number of carboxylic acid groups (broad SMARTS) is 1. The van der Waals surface area contributed by atoms with Gasteiger partial charge in [-0.15, -0.1) is 11.8 Å². The van der Waals surface area contributed by atoms with E-state index in [1.165, 1.54) is 4.90 Å². The van der Waals surface area contributed by atoms with Crippen LogP contribution >= 0.6 is 23.4 Å². The highest BCUT2D eigenvalue weighted by molar-refractivity contribution is 7.99. The molecule has 0 saturated heterocycles. The molecule has 0 bridgehead atoms. The molecule has 0 spiro atoms. The second-order valence-corrected chi connectivity index (χ2v) is 6.42. The van der Waals surface area contributed by atoms with Gasteiger partial charge in [0.05, 0.1) is 5.92 Å². The summed E-state index contributed by atoms with van der Waals surface area (Å²) in [6.45, 7) is 0. The van der Waals surface area contributed by atoms with Gasteiger partial charge in [-0.1, -0.05) is 41.9 Å². The van der Waals surface area contributed by atoms with Crippen molar-refractivity contribution in [2.75, 3.05) is 5.75 Å². The molecule has 0 amide bonds. The maximum atomic E-state index is 11.4. The van der Waals surface area contributed by atoms with Gasteiger partial charge in [-0.2, -0.15) is 0 Å². The van der Waals surface area contributed by atoms with Crippen LogP contribution in [0.2, 0.25) is 5.02 Å². The summed E-state index contributed by atoms with van der Waals surface area (Å²) in [6.07, 6.45) is 1.19. The van der Waals surface area contributed by atoms with E-state index in [9.17, 15) is 9.90 Å². The van der Waals surface area contributed by atoms with Crippen LogP contribution in [0.15, 0.2) is 59.5 Å². The molecule has 0 aliphatic heterocycles. The van der Waals surface area contributed by atoms with Crippen LogP contribution in [0.4, 0.5) is 0 Å². The van der Waals surface area contributed by atoms with E-state index in [1.54, 1.807) is 23.9 Å². The maximum Gasteiger partial charge on any atom is 0.306 e. The number of benzene rings is 2. The van der Waals surface area contributed by atoms with E-state index >= 15 is 0 Å². The Labute approximate surface area is 134 Å². The van der Waals surface area contributed by atoms with Gasteiger partial charge >= 0.3 is 5.97 Å². The van der Waals surface area contributed by atoms with Crippen molar-refractivity contribution in [1.29, 1.82) is 0 Å². The molecular weight excluding hydrogens is 304 g/mol. The van der Waals surface area contributed by atoms with Crippen LogP contribution in [0.25, 0.3) is 0 Å². The smallest absolute Gasteiger partial charge is 0.306 e. The van der Waals surface area contributed by atoms with Gasteiger partial charge in [0.2, 0.25) is 0 Å². The molecule has 0 aliphatic carbocycles. The Morgan fingerprint density at radius 3 is 2.38 bits per heavy atom. The lowest BCUT2D eigenvalue weighted by Crippen LogP contribution is -2.17. The molecule has 0 heterocycles. The molecule has 0 radical (unpaired) electrons. The van der Waals surface area contributed by atoms with E-state index in [4.69, 9.17) is 11.6 Å². The zero-order valence-corrected chi connectivity index (χ0v) is 13.1. The summed E-state index contributed by atoms with van der Waals surface area (Å²) < 4.78 is 0. The number of rotatable bonds is 7. The first-order valence-corrected chi connectivity index (χ1v) is 8.16. The largest absolute Gasteiger partial charge is 0.481 e. The minimum absolute atomic E-state index is 0.359. The third-order valence-electron chi connectivity index (χ3n) is 3.22. The Balaban J connectivity index is 1.87. The minimum atomic E-state index is -0.737. The summed E-state index contributed by atoms with van der Waals surface area (Å²) in [5.41, 5.74) is 1.01.